The summed E-state index contributed by atoms with van der Waals surface area (Å²) in [6, 6.07) is 0.0968. The van der Waals surface area contributed by atoms with E-state index in [0.717, 1.165) is 0 Å². The molecular formula is C12H23NO2. The highest BCUT2D eigenvalue weighted by Gasteiger charge is 2.46. The molecule has 0 spiro atoms. The molecule has 0 heterocycles. The second-order valence-corrected chi connectivity index (χ2v) is 5.43. The third-order valence-corrected chi connectivity index (χ3v) is 3.43. The van der Waals surface area contributed by atoms with E-state index in [4.69, 9.17) is 0 Å². The van der Waals surface area contributed by atoms with E-state index in [-0.39, 0.29) is 17.7 Å². The van der Waals surface area contributed by atoms with Crippen LogP contribution < -0.4 is 5.32 Å². The summed E-state index contributed by atoms with van der Waals surface area (Å²) in [5.41, 5.74) is -1.34. The molecule has 88 valence electrons. The van der Waals surface area contributed by atoms with Crippen LogP contribution in [-0.2, 0) is 9.59 Å². The Morgan fingerprint density at radius 2 is 1.40 bits per heavy atom. The van der Waals surface area contributed by atoms with Crippen molar-refractivity contribution >= 4 is 11.7 Å². The molecular weight excluding hydrogens is 190 g/mol. The minimum absolute atomic E-state index is 0.0337. The molecule has 0 fully saturated rings. The third kappa shape index (κ3) is 2.80. The Labute approximate surface area is 92.6 Å². The van der Waals surface area contributed by atoms with Gasteiger partial charge >= 0.3 is 0 Å². The number of carbonyl (C=O) groups is 2. The van der Waals surface area contributed by atoms with Gasteiger partial charge < -0.3 is 5.32 Å². The van der Waals surface area contributed by atoms with E-state index in [2.05, 4.69) is 5.32 Å². The topological polar surface area (TPSA) is 46.2 Å². The minimum atomic E-state index is -0.691. The molecule has 3 heteroatoms. The lowest BCUT2D eigenvalue weighted by Gasteiger charge is -2.38. The van der Waals surface area contributed by atoms with Crippen LogP contribution in [0, 0.1) is 10.8 Å². The van der Waals surface area contributed by atoms with Crippen LogP contribution in [0.2, 0.25) is 0 Å². The highest BCUT2D eigenvalue weighted by Crippen LogP contribution is 2.39. The molecule has 1 amide bonds. The van der Waals surface area contributed by atoms with Crippen molar-refractivity contribution in [3.05, 3.63) is 0 Å². The van der Waals surface area contributed by atoms with Gasteiger partial charge in [0, 0.05) is 11.5 Å². The number of rotatable bonds is 4. The molecule has 0 radical (unpaired) electrons. The maximum Gasteiger partial charge on any atom is 0.226 e. The van der Waals surface area contributed by atoms with Gasteiger partial charge in [0.15, 0.2) is 0 Å². The molecule has 0 aliphatic heterocycles. The fraction of sp³-hybridized carbons (Fsp3) is 0.833. The fourth-order valence-corrected chi connectivity index (χ4v) is 1.17. The van der Waals surface area contributed by atoms with E-state index < -0.39 is 10.8 Å². The average Bonchev–Trinajstić information content (AvgIpc) is 2.01. The molecule has 0 saturated carbocycles. The lowest BCUT2D eigenvalue weighted by molar-refractivity contribution is -0.145. The zero-order valence-electron chi connectivity index (χ0n) is 10.9. The van der Waals surface area contributed by atoms with Gasteiger partial charge in [-0.05, 0) is 20.8 Å². The van der Waals surface area contributed by atoms with Crippen molar-refractivity contribution in [2.45, 2.75) is 54.5 Å². The lowest BCUT2D eigenvalue weighted by Crippen LogP contribution is -2.50. The Bertz CT molecular complexity index is 265. The summed E-state index contributed by atoms with van der Waals surface area (Å²) in [7, 11) is 0. The first-order valence-electron chi connectivity index (χ1n) is 5.35. The first-order valence-corrected chi connectivity index (χ1v) is 5.35. The van der Waals surface area contributed by atoms with E-state index in [1.807, 2.05) is 41.5 Å². The van der Waals surface area contributed by atoms with Crippen molar-refractivity contribution in [1.82, 2.24) is 5.32 Å². The Balaban J connectivity index is 4.96. The number of ketones is 1. The first-order chi connectivity index (χ1) is 6.53. The number of amides is 1. The molecule has 0 rings (SSSR count). The maximum absolute atomic E-state index is 12.0. The summed E-state index contributed by atoms with van der Waals surface area (Å²) in [5, 5.41) is 2.85. The predicted molar refractivity (Wildman–Crippen MR) is 61.5 cm³/mol. The zero-order valence-corrected chi connectivity index (χ0v) is 10.9. The summed E-state index contributed by atoms with van der Waals surface area (Å²) >= 11 is 0. The monoisotopic (exact) mass is 213 g/mol. The zero-order chi connectivity index (χ0) is 12.4. The van der Waals surface area contributed by atoms with Gasteiger partial charge in [-0.3, -0.25) is 9.59 Å². The van der Waals surface area contributed by atoms with Crippen LogP contribution in [0.5, 0.6) is 0 Å². The smallest absolute Gasteiger partial charge is 0.226 e. The summed E-state index contributed by atoms with van der Waals surface area (Å²) in [4.78, 5) is 23.5. The van der Waals surface area contributed by atoms with Gasteiger partial charge in [0.2, 0.25) is 5.91 Å². The van der Waals surface area contributed by atoms with Gasteiger partial charge in [-0.1, -0.05) is 27.7 Å². The second-order valence-electron chi connectivity index (χ2n) is 5.43. The Morgan fingerprint density at radius 3 is 1.67 bits per heavy atom. The van der Waals surface area contributed by atoms with Crippen LogP contribution in [0.15, 0.2) is 0 Å². The van der Waals surface area contributed by atoms with Crippen LogP contribution >= 0.6 is 0 Å². The van der Waals surface area contributed by atoms with Gasteiger partial charge in [0.05, 0.1) is 5.41 Å². The minimum Gasteiger partial charge on any atom is -0.353 e. The molecule has 15 heavy (non-hydrogen) atoms. The van der Waals surface area contributed by atoms with Gasteiger partial charge in [-0.25, -0.2) is 0 Å². The van der Waals surface area contributed by atoms with Crippen LogP contribution in [0.25, 0.3) is 0 Å². The number of nitrogens with one attached hydrogen (secondary N) is 1. The molecule has 3 nitrogen and oxygen atoms in total. The van der Waals surface area contributed by atoms with E-state index >= 15 is 0 Å². The molecule has 0 aromatic rings. The highest BCUT2D eigenvalue weighted by molar-refractivity contribution is 5.92. The molecule has 0 unspecified atom stereocenters. The van der Waals surface area contributed by atoms with Crippen molar-refractivity contribution in [2.75, 3.05) is 0 Å². The van der Waals surface area contributed by atoms with Crippen LogP contribution in [-0.4, -0.2) is 17.7 Å². The van der Waals surface area contributed by atoms with E-state index in [1.165, 1.54) is 6.92 Å². The predicted octanol–water partition coefficient (Wildman–Crippen LogP) is 2.15. The van der Waals surface area contributed by atoms with Crippen LogP contribution in [0.3, 0.4) is 0 Å². The normalized spacial score (nSPS) is 12.8. The van der Waals surface area contributed by atoms with Crippen LogP contribution in [0.1, 0.15) is 48.5 Å². The van der Waals surface area contributed by atoms with Crippen molar-refractivity contribution < 1.29 is 9.59 Å². The van der Waals surface area contributed by atoms with Gasteiger partial charge in [0.25, 0.3) is 0 Å². The molecule has 0 saturated heterocycles. The maximum atomic E-state index is 12.0. The Kier molecular flexibility index (Phi) is 4.08. The molecule has 0 aliphatic carbocycles. The molecule has 0 aliphatic rings. The number of carbonyl (C=O) groups excluding carboxylic acids is 2. The van der Waals surface area contributed by atoms with Crippen LogP contribution in [0.4, 0.5) is 0 Å². The Hall–Kier alpha value is -0.860. The number of Topliss-reactive ketones (excluding diaryl/α,β-unsaturated/α-hetero) is 1. The van der Waals surface area contributed by atoms with Gasteiger partial charge in [0.1, 0.15) is 5.78 Å². The molecule has 0 aromatic carbocycles. The lowest BCUT2D eigenvalue weighted by atomic mass is 9.65. The number of hydrogen-bond acceptors (Lipinski definition) is 2. The summed E-state index contributed by atoms with van der Waals surface area (Å²) in [6.45, 7) is 12.6. The molecule has 0 bridgehead atoms. The second kappa shape index (κ2) is 4.33. The van der Waals surface area contributed by atoms with Gasteiger partial charge in [-0.15, -0.1) is 0 Å². The van der Waals surface area contributed by atoms with E-state index in [9.17, 15) is 9.59 Å². The first kappa shape index (κ1) is 14.1. The van der Waals surface area contributed by atoms with Gasteiger partial charge in [-0.2, -0.15) is 0 Å². The van der Waals surface area contributed by atoms with E-state index in [0.29, 0.717) is 0 Å². The summed E-state index contributed by atoms with van der Waals surface area (Å²) in [5.74, 6) is -0.0379. The fourth-order valence-electron chi connectivity index (χ4n) is 1.17. The molecule has 1 N–H and O–H groups in total. The van der Waals surface area contributed by atoms with Crippen molar-refractivity contribution in [3.63, 3.8) is 0 Å². The molecule has 0 atom stereocenters. The van der Waals surface area contributed by atoms with Crippen molar-refractivity contribution in [3.8, 4) is 0 Å². The highest BCUT2D eigenvalue weighted by atomic mass is 16.2. The average molecular weight is 213 g/mol. The third-order valence-electron chi connectivity index (χ3n) is 3.43. The van der Waals surface area contributed by atoms with Crippen molar-refractivity contribution in [1.29, 1.82) is 0 Å². The summed E-state index contributed by atoms with van der Waals surface area (Å²) < 4.78 is 0. The largest absolute Gasteiger partial charge is 0.353 e. The SMILES string of the molecule is CC(=O)C(C)(C)C(C)(C)C(=O)NC(C)C. The van der Waals surface area contributed by atoms with Crippen molar-refractivity contribution in [2.24, 2.45) is 10.8 Å². The number of hydrogen-bond donors (Lipinski definition) is 1. The quantitative estimate of drug-likeness (QED) is 0.777. The standard InChI is InChI=1S/C12H23NO2/c1-8(2)13-10(15)12(6,7)11(4,5)9(3)14/h8H,1-7H3,(H,13,15). The molecule has 0 aromatic heterocycles. The van der Waals surface area contributed by atoms with E-state index in [1.54, 1.807) is 0 Å². The Morgan fingerprint density at radius 1 is 1.00 bits per heavy atom. The summed E-state index contributed by atoms with van der Waals surface area (Å²) in [6.07, 6.45) is 0.